The molecule has 1 amide bonds. The molecule has 2 atom stereocenters. The number of nitrogens with one attached hydrogen (secondary N) is 1. The lowest BCUT2D eigenvalue weighted by molar-refractivity contribution is -0.140. The van der Waals surface area contributed by atoms with Crippen molar-refractivity contribution in [3.05, 3.63) is 17.3 Å². The van der Waals surface area contributed by atoms with Crippen LogP contribution >= 0.6 is 0 Å². The average Bonchev–Trinajstić information content (AvgIpc) is 2.99. The molecule has 0 saturated heterocycles. The summed E-state index contributed by atoms with van der Waals surface area (Å²) < 4.78 is 5.30. The standard InChI is InChI=1S/C11H14N2O4/c1-5-6(2)17-9(13-5)4-12-10(14)7-3-8(7)11(15)16/h7-8H,3-4H2,1-2H3,(H,12,14)(H,15,16)/t7-,8+/m1/s1. The first-order valence-corrected chi connectivity index (χ1v) is 5.42. The molecular formula is C11H14N2O4. The van der Waals surface area contributed by atoms with Crippen molar-refractivity contribution in [1.82, 2.24) is 10.3 Å². The van der Waals surface area contributed by atoms with Crippen LogP contribution in [-0.4, -0.2) is 22.0 Å². The van der Waals surface area contributed by atoms with Crippen molar-refractivity contribution in [2.45, 2.75) is 26.8 Å². The molecule has 1 aromatic rings. The maximum absolute atomic E-state index is 11.5. The van der Waals surface area contributed by atoms with E-state index in [1.165, 1.54) is 0 Å². The number of oxazole rings is 1. The third-order valence-corrected chi connectivity index (χ3v) is 2.93. The zero-order valence-electron chi connectivity index (χ0n) is 9.69. The van der Waals surface area contributed by atoms with Crippen LogP contribution in [0, 0.1) is 25.7 Å². The molecule has 2 rings (SSSR count). The summed E-state index contributed by atoms with van der Waals surface area (Å²) in [5, 5.41) is 11.3. The van der Waals surface area contributed by atoms with Crippen molar-refractivity contribution >= 4 is 11.9 Å². The lowest BCUT2D eigenvalue weighted by atomic mass is 10.3. The van der Waals surface area contributed by atoms with Crippen LogP contribution in [0.4, 0.5) is 0 Å². The number of carboxylic acid groups (broad SMARTS) is 1. The molecule has 17 heavy (non-hydrogen) atoms. The number of rotatable bonds is 4. The fourth-order valence-electron chi connectivity index (χ4n) is 1.67. The Morgan fingerprint density at radius 3 is 2.65 bits per heavy atom. The number of amides is 1. The predicted molar refractivity (Wildman–Crippen MR) is 57.1 cm³/mol. The normalized spacial score (nSPS) is 22.2. The van der Waals surface area contributed by atoms with Crippen LogP contribution in [0.15, 0.2) is 4.42 Å². The van der Waals surface area contributed by atoms with Gasteiger partial charge in [0, 0.05) is 0 Å². The smallest absolute Gasteiger partial charge is 0.307 e. The summed E-state index contributed by atoms with van der Waals surface area (Å²) in [6.07, 6.45) is 0.421. The molecule has 6 heteroatoms. The van der Waals surface area contributed by atoms with Gasteiger partial charge in [0.1, 0.15) is 5.76 Å². The first kappa shape index (κ1) is 11.6. The van der Waals surface area contributed by atoms with Crippen molar-refractivity contribution in [3.63, 3.8) is 0 Å². The Bertz CT molecular complexity index is 447. The Hall–Kier alpha value is -1.85. The SMILES string of the molecule is Cc1nc(CNC(=O)[C@@H]2C[C@@H]2C(=O)O)oc1C. The predicted octanol–water partition coefficient (Wildman–Crippen LogP) is 0.628. The van der Waals surface area contributed by atoms with E-state index in [0.29, 0.717) is 12.3 Å². The van der Waals surface area contributed by atoms with E-state index in [1.807, 2.05) is 6.92 Å². The van der Waals surface area contributed by atoms with Gasteiger partial charge in [0.05, 0.1) is 24.1 Å². The fraction of sp³-hybridized carbons (Fsp3) is 0.545. The van der Waals surface area contributed by atoms with Gasteiger partial charge in [-0.25, -0.2) is 4.98 Å². The van der Waals surface area contributed by atoms with Gasteiger partial charge in [-0.05, 0) is 20.3 Å². The number of nitrogens with zero attached hydrogens (tertiary/aromatic N) is 1. The number of hydrogen-bond donors (Lipinski definition) is 2. The van der Waals surface area contributed by atoms with Crippen molar-refractivity contribution in [1.29, 1.82) is 0 Å². The number of aromatic nitrogens is 1. The average molecular weight is 238 g/mol. The van der Waals surface area contributed by atoms with Gasteiger partial charge in [0.15, 0.2) is 0 Å². The molecule has 0 bridgehead atoms. The largest absolute Gasteiger partial charge is 0.481 e. The Morgan fingerprint density at radius 1 is 1.47 bits per heavy atom. The molecule has 0 unspecified atom stereocenters. The number of hydrogen-bond acceptors (Lipinski definition) is 4. The second kappa shape index (κ2) is 4.20. The van der Waals surface area contributed by atoms with Gasteiger partial charge < -0.3 is 14.8 Å². The quantitative estimate of drug-likeness (QED) is 0.802. The molecule has 1 aliphatic carbocycles. The Balaban J connectivity index is 1.83. The molecule has 0 aromatic carbocycles. The van der Waals surface area contributed by atoms with Gasteiger partial charge in [0.25, 0.3) is 0 Å². The van der Waals surface area contributed by atoms with E-state index in [4.69, 9.17) is 9.52 Å². The van der Waals surface area contributed by atoms with Gasteiger partial charge in [-0.3, -0.25) is 9.59 Å². The highest BCUT2D eigenvalue weighted by atomic mass is 16.4. The summed E-state index contributed by atoms with van der Waals surface area (Å²) in [6.45, 7) is 3.83. The topological polar surface area (TPSA) is 92.4 Å². The van der Waals surface area contributed by atoms with Gasteiger partial charge in [0.2, 0.25) is 11.8 Å². The highest BCUT2D eigenvalue weighted by molar-refractivity contribution is 5.89. The van der Waals surface area contributed by atoms with Crippen LogP contribution in [0.1, 0.15) is 23.8 Å². The molecule has 1 fully saturated rings. The zero-order valence-corrected chi connectivity index (χ0v) is 9.69. The Labute approximate surface area is 98.0 Å². The van der Waals surface area contributed by atoms with Gasteiger partial charge in [-0.1, -0.05) is 0 Å². The third kappa shape index (κ3) is 2.46. The second-order valence-electron chi connectivity index (χ2n) is 4.25. The van der Waals surface area contributed by atoms with Crippen molar-refractivity contribution in [3.8, 4) is 0 Å². The van der Waals surface area contributed by atoms with Gasteiger partial charge in [-0.15, -0.1) is 0 Å². The molecule has 1 aliphatic rings. The van der Waals surface area contributed by atoms with Crippen LogP contribution in [0.3, 0.4) is 0 Å². The Kier molecular flexibility index (Phi) is 2.87. The minimum Gasteiger partial charge on any atom is -0.481 e. The maximum Gasteiger partial charge on any atom is 0.307 e. The van der Waals surface area contributed by atoms with Crippen LogP contribution in [0.5, 0.6) is 0 Å². The lowest BCUT2D eigenvalue weighted by Crippen LogP contribution is -2.26. The molecule has 2 N–H and O–H groups in total. The monoisotopic (exact) mass is 238 g/mol. The van der Waals surface area contributed by atoms with Crippen molar-refractivity contribution < 1.29 is 19.1 Å². The van der Waals surface area contributed by atoms with Crippen molar-refractivity contribution in [2.75, 3.05) is 0 Å². The minimum atomic E-state index is -0.909. The first-order valence-electron chi connectivity index (χ1n) is 5.42. The van der Waals surface area contributed by atoms with E-state index in [9.17, 15) is 9.59 Å². The summed E-state index contributed by atoms with van der Waals surface area (Å²) in [7, 11) is 0. The molecule has 0 aliphatic heterocycles. The first-order chi connectivity index (χ1) is 7.99. The number of carbonyl (C=O) groups excluding carboxylic acids is 1. The lowest BCUT2D eigenvalue weighted by Gasteiger charge is -2.00. The summed E-state index contributed by atoms with van der Waals surface area (Å²) >= 11 is 0. The van der Waals surface area contributed by atoms with E-state index < -0.39 is 17.8 Å². The third-order valence-electron chi connectivity index (χ3n) is 2.93. The number of carboxylic acids is 1. The van der Waals surface area contributed by atoms with Crippen LogP contribution < -0.4 is 5.32 Å². The maximum atomic E-state index is 11.5. The summed E-state index contributed by atoms with van der Waals surface area (Å²) in [6, 6.07) is 0. The number of aryl methyl sites for hydroxylation is 2. The fourth-order valence-corrected chi connectivity index (χ4v) is 1.67. The molecule has 0 spiro atoms. The van der Waals surface area contributed by atoms with Crippen LogP contribution in [0.25, 0.3) is 0 Å². The molecule has 1 saturated carbocycles. The van der Waals surface area contributed by atoms with Crippen LogP contribution in [-0.2, 0) is 16.1 Å². The van der Waals surface area contributed by atoms with Crippen LogP contribution in [0.2, 0.25) is 0 Å². The minimum absolute atomic E-state index is 0.205. The van der Waals surface area contributed by atoms with E-state index >= 15 is 0 Å². The molecule has 1 heterocycles. The van der Waals surface area contributed by atoms with Gasteiger partial charge in [-0.2, -0.15) is 0 Å². The molecule has 92 valence electrons. The molecular weight excluding hydrogens is 224 g/mol. The summed E-state index contributed by atoms with van der Waals surface area (Å²) in [5.41, 5.74) is 0.795. The highest BCUT2D eigenvalue weighted by Gasteiger charge is 2.48. The molecule has 0 radical (unpaired) electrons. The summed E-state index contributed by atoms with van der Waals surface area (Å²) in [4.78, 5) is 26.2. The van der Waals surface area contributed by atoms with Crippen molar-refractivity contribution in [2.24, 2.45) is 11.8 Å². The number of aliphatic carboxylic acids is 1. The van der Waals surface area contributed by atoms with E-state index in [-0.39, 0.29) is 12.5 Å². The zero-order chi connectivity index (χ0) is 12.6. The highest BCUT2D eigenvalue weighted by Crippen LogP contribution is 2.38. The van der Waals surface area contributed by atoms with E-state index in [2.05, 4.69) is 10.3 Å². The Morgan fingerprint density at radius 2 is 2.18 bits per heavy atom. The van der Waals surface area contributed by atoms with E-state index in [0.717, 1.165) is 11.5 Å². The van der Waals surface area contributed by atoms with E-state index in [1.54, 1.807) is 6.92 Å². The second-order valence-corrected chi connectivity index (χ2v) is 4.25. The number of carbonyl (C=O) groups is 2. The summed E-state index contributed by atoms with van der Waals surface area (Å²) in [5.74, 6) is -0.906. The van der Waals surface area contributed by atoms with Gasteiger partial charge >= 0.3 is 5.97 Å². The molecule has 1 aromatic heterocycles. The molecule has 6 nitrogen and oxygen atoms in total.